The van der Waals surface area contributed by atoms with Gasteiger partial charge in [-0.25, -0.2) is 5.01 Å². The van der Waals surface area contributed by atoms with Crippen molar-refractivity contribution in [3.05, 3.63) is 76.0 Å². The van der Waals surface area contributed by atoms with Gasteiger partial charge in [0.05, 0.1) is 30.9 Å². The molecule has 0 saturated heterocycles. The van der Waals surface area contributed by atoms with E-state index in [-0.39, 0.29) is 18.5 Å². The SMILES string of the molecule is COc1ccc(C2CC(c3cccs3)=NN2C(=O)Cn2nnc(-c3ccccc3C)n2)cc1OC. The molecule has 0 aliphatic carbocycles. The van der Waals surface area contributed by atoms with E-state index in [0.29, 0.717) is 23.7 Å². The fraction of sp³-hybridized carbons (Fsp3) is 0.240. The Labute approximate surface area is 206 Å². The first kappa shape index (κ1) is 22.7. The lowest BCUT2D eigenvalue weighted by Gasteiger charge is -2.22. The quantitative estimate of drug-likeness (QED) is 0.389. The molecule has 0 saturated carbocycles. The van der Waals surface area contributed by atoms with E-state index in [1.54, 1.807) is 25.6 Å². The number of thiophene rings is 1. The summed E-state index contributed by atoms with van der Waals surface area (Å²) in [6.07, 6.45) is 0.584. The minimum atomic E-state index is -0.293. The summed E-state index contributed by atoms with van der Waals surface area (Å²) in [4.78, 5) is 15.8. The van der Waals surface area contributed by atoms with Crippen molar-refractivity contribution in [2.24, 2.45) is 5.10 Å². The molecule has 1 unspecified atom stereocenters. The molecule has 0 bridgehead atoms. The Bertz CT molecular complexity index is 1380. The van der Waals surface area contributed by atoms with E-state index in [1.807, 2.05) is 66.9 Å². The van der Waals surface area contributed by atoms with Crippen molar-refractivity contribution in [1.82, 2.24) is 25.2 Å². The normalized spacial score (nSPS) is 15.2. The van der Waals surface area contributed by atoms with E-state index in [9.17, 15) is 4.79 Å². The first-order chi connectivity index (χ1) is 17.1. The van der Waals surface area contributed by atoms with Gasteiger partial charge >= 0.3 is 0 Å². The topological polar surface area (TPSA) is 94.7 Å². The molecule has 1 aliphatic rings. The predicted octanol–water partition coefficient (Wildman–Crippen LogP) is 4.11. The zero-order valence-corrected chi connectivity index (χ0v) is 20.4. The number of carbonyl (C=O) groups is 1. The number of tetrazole rings is 1. The molecule has 0 spiro atoms. The Kier molecular flexibility index (Phi) is 6.28. The number of hydrogen-bond donors (Lipinski definition) is 0. The number of carbonyl (C=O) groups excluding carboxylic acids is 1. The minimum Gasteiger partial charge on any atom is -0.493 e. The molecule has 3 heterocycles. The zero-order valence-electron chi connectivity index (χ0n) is 19.6. The van der Waals surface area contributed by atoms with Crippen molar-refractivity contribution in [1.29, 1.82) is 0 Å². The molecule has 35 heavy (non-hydrogen) atoms. The summed E-state index contributed by atoms with van der Waals surface area (Å²) in [5.41, 5.74) is 3.68. The smallest absolute Gasteiger partial charge is 0.266 e. The molecular formula is C25H24N6O3S. The fourth-order valence-corrected chi connectivity index (χ4v) is 4.81. The Balaban J connectivity index is 1.43. The van der Waals surface area contributed by atoms with Crippen LogP contribution in [0.5, 0.6) is 11.5 Å². The molecule has 1 amide bonds. The number of ether oxygens (including phenoxy) is 2. The summed E-state index contributed by atoms with van der Waals surface area (Å²) >= 11 is 1.60. The van der Waals surface area contributed by atoms with Gasteiger partial charge in [-0.3, -0.25) is 4.79 Å². The maximum atomic E-state index is 13.4. The summed E-state index contributed by atoms with van der Waals surface area (Å²) in [7, 11) is 3.19. The second-order valence-electron chi connectivity index (χ2n) is 8.06. The van der Waals surface area contributed by atoms with Gasteiger partial charge in [0.1, 0.15) is 6.54 Å². The number of amides is 1. The number of nitrogens with zero attached hydrogens (tertiary/aromatic N) is 6. The highest BCUT2D eigenvalue weighted by molar-refractivity contribution is 7.12. The van der Waals surface area contributed by atoms with Gasteiger partial charge in [-0.2, -0.15) is 9.90 Å². The average Bonchev–Trinajstić information content (AvgIpc) is 3.64. The lowest BCUT2D eigenvalue weighted by Crippen LogP contribution is -2.31. The molecule has 4 aromatic rings. The molecule has 0 fully saturated rings. The Hall–Kier alpha value is -4.05. The molecular weight excluding hydrogens is 464 g/mol. The third-order valence-electron chi connectivity index (χ3n) is 5.88. The molecule has 0 N–H and O–H groups in total. The Morgan fingerprint density at radius 2 is 1.91 bits per heavy atom. The van der Waals surface area contributed by atoms with Gasteiger partial charge in [-0.15, -0.1) is 21.5 Å². The van der Waals surface area contributed by atoms with Crippen LogP contribution in [-0.2, 0) is 11.3 Å². The van der Waals surface area contributed by atoms with Crippen molar-refractivity contribution < 1.29 is 14.3 Å². The maximum Gasteiger partial charge on any atom is 0.266 e. The summed E-state index contributed by atoms with van der Waals surface area (Å²) in [5, 5.41) is 20.9. The predicted molar refractivity (Wildman–Crippen MR) is 133 cm³/mol. The first-order valence-corrected chi connectivity index (χ1v) is 11.9. The summed E-state index contributed by atoms with van der Waals surface area (Å²) in [5.74, 6) is 1.48. The fourth-order valence-electron chi connectivity index (χ4n) is 4.09. The molecule has 0 radical (unpaired) electrons. The minimum absolute atomic E-state index is 0.0795. The van der Waals surface area contributed by atoms with Gasteiger partial charge in [-0.05, 0) is 46.8 Å². The van der Waals surface area contributed by atoms with Crippen LogP contribution < -0.4 is 9.47 Å². The molecule has 178 valence electrons. The maximum absolute atomic E-state index is 13.4. The third-order valence-corrected chi connectivity index (χ3v) is 6.80. The van der Waals surface area contributed by atoms with E-state index in [4.69, 9.17) is 14.6 Å². The van der Waals surface area contributed by atoms with E-state index in [1.165, 1.54) is 9.81 Å². The van der Waals surface area contributed by atoms with Crippen molar-refractivity contribution in [2.75, 3.05) is 14.2 Å². The first-order valence-electron chi connectivity index (χ1n) is 11.1. The van der Waals surface area contributed by atoms with Gasteiger partial charge in [0.15, 0.2) is 11.5 Å². The number of methoxy groups -OCH3 is 2. The van der Waals surface area contributed by atoms with E-state index in [0.717, 1.165) is 27.3 Å². The molecule has 10 heteroatoms. The van der Waals surface area contributed by atoms with Crippen molar-refractivity contribution in [3.8, 4) is 22.9 Å². The van der Waals surface area contributed by atoms with Crippen molar-refractivity contribution in [2.45, 2.75) is 25.9 Å². The largest absolute Gasteiger partial charge is 0.493 e. The van der Waals surface area contributed by atoms with Crippen LogP contribution in [0.25, 0.3) is 11.4 Å². The Morgan fingerprint density at radius 1 is 1.09 bits per heavy atom. The van der Waals surface area contributed by atoms with E-state index in [2.05, 4.69) is 15.4 Å². The highest BCUT2D eigenvalue weighted by atomic mass is 32.1. The van der Waals surface area contributed by atoms with Gasteiger partial charge in [0.25, 0.3) is 5.91 Å². The highest BCUT2D eigenvalue weighted by Gasteiger charge is 2.34. The third kappa shape index (κ3) is 4.52. The highest BCUT2D eigenvalue weighted by Crippen LogP contribution is 2.38. The molecule has 5 rings (SSSR count). The number of hydrazone groups is 1. The second kappa shape index (κ2) is 9.67. The van der Waals surface area contributed by atoms with Crippen molar-refractivity contribution in [3.63, 3.8) is 0 Å². The average molecular weight is 489 g/mol. The van der Waals surface area contributed by atoms with Gasteiger partial charge in [0, 0.05) is 12.0 Å². The van der Waals surface area contributed by atoms with Gasteiger partial charge in [-0.1, -0.05) is 36.4 Å². The lowest BCUT2D eigenvalue weighted by atomic mass is 10.0. The van der Waals surface area contributed by atoms with Crippen LogP contribution in [0.3, 0.4) is 0 Å². The van der Waals surface area contributed by atoms with Crippen LogP contribution in [0.2, 0.25) is 0 Å². The number of aryl methyl sites for hydroxylation is 1. The number of benzene rings is 2. The van der Waals surface area contributed by atoms with Crippen LogP contribution >= 0.6 is 11.3 Å². The van der Waals surface area contributed by atoms with Crippen LogP contribution in [-0.4, -0.2) is 51.1 Å². The molecule has 2 aromatic heterocycles. The Morgan fingerprint density at radius 3 is 2.66 bits per heavy atom. The monoisotopic (exact) mass is 488 g/mol. The lowest BCUT2D eigenvalue weighted by molar-refractivity contribution is -0.134. The number of rotatable bonds is 7. The second-order valence-corrected chi connectivity index (χ2v) is 9.00. The van der Waals surface area contributed by atoms with E-state index < -0.39 is 0 Å². The van der Waals surface area contributed by atoms with Gasteiger partial charge < -0.3 is 9.47 Å². The van der Waals surface area contributed by atoms with Crippen LogP contribution in [0.15, 0.2) is 65.1 Å². The standard InChI is InChI=1S/C25H24N6O3S/c1-16-7-4-5-8-18(16)25-26-29-30(28-25)15-24(32)31-20(14-19(27-31)23-9-6-12-35-23)17-10-11-21(33-2)22(13-17)34-3/h4-13,20H,14-15H2,1-3H3. The van der Waals surface area contributed by atoms with Gasteiger partial charge in [0.2, 0.25) is 5.82 Å². The summed E-state index contributed by atoms with van der Waals surface area (Å²) in [6, 6.07) is 17.2. The number of hydrogen-bond acceptors (Lipinski definition) is 8. The molecule has 1 atom stereocenters. The molecule has 1 aliphatic heterocycles. The van der Waals surface area contributed by atoms with Crippen LogP contribution in [0.1, 0.15) is 28.5 Å². The summed E-state index contributed by atoms with van der Waals surface area (Å²) < 4.78 is 10.9. The van der Waals surface area contributed by atoms with Crippen LogP contribution in [0, 0.1) is 6.92 Å². The van der Waals surface area contributed by atoms with E-state index >= 15 is 0 Å². The summed E-state index contributed by atoms with van der Waals surface area (Å²) in [6.45, 7) is 1.91. The zero-order chi connectivity index (χ0) is 24.4. The number of aromatic nitrogens is 4. The molecule has 9 nitrogen and oxygen atoms in total. The van der Waals surface area contributed by atoms with Crippen molar-refractivity contribution >= 4 is 23.0 Å². The molecule has 2 aromatic carbocycles. The van der Waals surface area contributed by atoms with Crippen LogP contribution in [0.4, 0.5) is 0 Å².